The van der Waals surface area contributed by atoms with E-state index >= 15 is 0 Å². The lowest BCUT2D eigenvalue weighted by Gasteiger charge is -2.23. The molecule has 0 unspecified atom stereocenters. The first-order valence-corrected chi connectivity index (χ1v) is 6.67. The molecule has 0 aliphatic carbocycles. The molecule has 1 aliphatic heterocycles. The van der Waals surface area contributed by atoms with E-state index in [1.165, 1.54) is 12.1 Å². The molecule has 1 N–H and O–H groups in total. The Kier molecular flexibility index (Phi) is 5.12. The van der Waals surface area contributed by atoms with Gasteiger partial charge in [0.15, 0.2) is 0 Å². The molecule has 2 rings (SSSR count). The van der Waals surface area contributed by atoms with Crippen LogP contribution in [0, 0.1) is 0 Å². The Hall–Kier alpha value is -0.980. The molecular formula is C13H15ClF3NO2. The van der Waals surface area contributed by atoms with Crippen LogP contribution in [0.5, 0.6) is 5.75 Å². The van der Waals surface area contributed by atoms with Crippen molar-refractivity contribution in [1.29, 1.82) is 0 Å². The molecular weight excluding hydrogens is 295 g/mol. The summed E-state index contributed by atoms with van der Waals surface area (Å²) in [6.07, 6.45) is -2.94. The number of hydrogen-bond donors (Lipinski definition) is 1. The van der Waals surface area contributed by atoms with Crippen molar-refractivity contribution in [2.45, 2.75) is 31.8 Å². The molecule has 1 aromatic carbocycles. The van der Waals surface area contributed by atoms with Crippen LogP contribution in [0.15, 0.2) is 18.2 Å². The Morgan fingerprint density at radius 1 is 1.30 bits per heavy atom. The Morgan fingerprint density at radius 2 is 2.00 bits per heavy atom. The zero-order valence-electron chi connectivity index (χ0n) is 10.7. The summed E-state index contributed by atoms with van der Waals surface area (Å²) in [4.78, 5) is 0. The molecule has 112 valence electrons. The van der Waals surface area contributed by atoms with Gasteiger partial charge in [0, 0.05) is 25.8 Å². The third kappa shape index (κ3) is 4.85. The highest BCUT2D eigenvalue weighted by molar-refractivity contribution is 6.32. The second kappa shape index (κ2) is 6.65. The van der Waals surface area contributed by atoms with Gasteiger partial charge in [0.05, 0.1) is 5.02 Å². The number of halogens is 4. The smallest absolute Gasteiger partial charge is 0.404 e. The van der Waals surface area contributed by atoms with Crippen molar-refractivity contribution in [3.63, 3.8) is 0 Å². The van der Waals surface area contributed by atoms with Crippen molar-refractivity contribution in [2.75, 3.05) is 13.2 Å². The summed E-state index contributed by atoms with van der Waals surface area (Å²) in [5.41, 5.74) is 0.695. The Morgan fingerprint density at radius 3 is 2.65 bits per heavy atom. The summed E-state index contributed by atoms with van der Waals surface area (Å²) in [5.74, 6) is -0.370. The highest BCUT2D eigenvalue weighted by Gasteiger charge is 2.32. The minimum Gasteiger partial charge on any atom is -0.404 e. The monoisotopic (exact) mass is 309 g/mol. The van der Waals surface area contributed by atoms with Crippen molar-refractivity contribution in [2.24, 2.45) is 0 Å². The summed E-state index contributed by atoms with van der Waals surface area (Å²) >= 11 is 5.69. The maximum absolute atomic E-state index is 12.2. The summed E-state index contributed by atoms with van der Waals surface area (Å²) in [6, 6.07) is 4.72. The van der Waals surface area contributed by atoms with Gasteiger partial charge in [-0.05, 0) is 30.5 Å². The molecule has 3 nitrogen and oxygen atoms in total. The summed E-state index contributed by atoms with van der Waals surface area (Å²) < 4.78 is 45.8. The Balaban J connectivity index is 1.96. The molecule has 0 saturated carbocycles. The number of nitrogens with one attached hydrogen (secondary N) is 1. The fraction of sp³-hybridized carbons (Fsp3) is 0.538. The van der Waals surface area contributed by atoms with E-state index in [1.54, 1.807) is 6.07 Å². The van der Waals surface area contributed by atoms with Crippen LogP contribution >= 0.6 is 11.6 Å². The van der Waals surface area contributed by atoms with Gasteiger partial charge in [-0.3, -0.25) is 0 Å². The second-order valence-electron chi connectivity index (χ2n) is 4.58. The quantitative estimate of drug-likeness (QED) is 0.923. The van der Waals surface area contributed by atoms with Gasteiger partial charge in [-0.1, -0.05) is 17.7 Å². The van der Waals surface area contributed by atoms with E-state index in [2.05, 4.69) is 10.1 Å². The third-order valence-electron chi connectivity index (χ3n) is 3.04. The molecule has 0 spiro atoms. The van der Waals surface area contributed by atoms with Gasteiger partial charge in [-0.15, -0.1) is 13.2 Å². The van der Waals surface area contributed by atoms with E-state index < -0.39 is 6.36 Å². The number of alkyl halides is 3. The Bertz CT molecular complexity index is 448. The van der Waals surface area contributed by atoms with E-state index in [1.807, 2.05) is 0 Å². The molecule has 1 fully saturated rings. The topological polar surface area (TPSA) is 30.5 Å². The van der Waals surface area contributed by atoms with Gasteiger partial charge >= 0.3 is 6.36 Å². The van der Waals surface area contributed by atoms with E-state index in [-0.39, 0.29) is 10.8 Å². The van der Waals surface area contributed by atoms with Gasteiger partial charge in [0.1, 0.15) is 5.75 Å². The molecule has 1 heterocycles. The minimum absolute atomic E-state index is 0.0582. The number of rotatable bonds is 4. The molecule has 0 bridgehead atoms. The SMILES string of the molecule is FC(F)(F)Oc1cc(CNC2CCOCC2)ccc1Cl. The molecule has 0 amide bonds. The standard InChI is InChI=1S/C13H15ClF3NO2/c14-11-2-1-9(7-12(11)20-13(15,16)17)8-18-10-3-5-19-6-4-10/h1-2,7,10,18H,3-6,8H2. The van der Waals surface area contributed by atoms with Crippen LogP contribution in [-0.4, -0.2) is 25.6 Å². The molecule has 0 atom stereocenters. The fourth-order valence-corrected chi connectivity index (χ4v) is 2.18. The van der Waals surface area contributed by atoms with Crippen LogP contribution in [0.1, 0.15) is 18.4 Å². The molecule has 0 aromatic heterocycles. The highest BCUT2D eigenvalue weighted by atomic mass is 35.5. The van der Waals surface area contributed by atoms with Crippen LogP contribution in [0.4, 0.5) is 13.2 Å². The van der Waals surface area contributed by atoms with Gasteiger partial charge in [0.2, 0.25) is 0 Å². The predicted octanol–water partition coefficient (Wildman–Crippen LogP) is 3.51. The molecule has 7 heteroatoms. The summed E-state index contributed by atoms with van der Waals surface area (Å²) in [6.45, 7) is 1.89. The maximum atomic E-state index is 12.2. The lowest BCUT2D eigenvalue weighted by atomic mass is 10.1. The zero-order valence-corrected chi connectivity index (χ0v) is 11.4. The Labute approximate surface area is 120 Å². The summed E-state index contributed by atoms with van der Waals surface area (Å²) in [7, 11) is 0. The van der Waals surface area contributed by atoms with Crippen molar-refractivity contribution >= 4 is 11.6 Å². The van der Waals surface area contributed by atoms with E-state index in [9.17, 15) is 13.2 Å². The van der Waals surface area contributed by atoms with Crippen molar-refractivity contribution in [1.82, 2.24) is 5.32 Å². The lowest BCUT2D eigenvalue weighted by Crippen LogP contribution is -2.34. The highest BCUT2D eigenvalue weighted by Crippen LogP contribution is 2.30. The fourth-order valence-electron chi connectivity index (χ4n) is 2.02. The van der Waals surface area contributed by atoms with E-state index in [0.29, 0.717) is 31.4 Å². The number of benzene rings is 1. The van der Waals surface area contributed by atoms with E-state index in [0.717, 1.165) is 12.8 Å². The van der Waals surface area contributed by atoms with Gasteiger partial charge in [-0.25, -0.2) is 0 Å². The van der Waals surface area contributed by atoms with Crippen LogP contribution < -0.4 is 10.1 Å². The van der Waals surface area contributed by atoms with E-state index in [4.69, 9.17) is 16.3 Å². The third-order valence-corrected chi connectivity index (χ3v) is 3.35. The van der Waals surface area contributed by atoms with Crippen molar-refractivity contribution in [3.05, 3.63) is 28.8 Å². The first kappa shape index (κ1) is 15.4. The summed E-state index contributed by atoms with van der Waals surface area (Å²) in [5, 5.41) is 3.23. The first-order valence-electron chi connectivity index (χ1n) is 6.29. The van der Waals surface area contributed by atoms with Gasteiger partial charge < -0.3 is 14.8 Å². The van der Waals surface area contributed by atoms with Crippen LogP contribution in [-0.2, 0) is 11.3 Å². The largest absolute Gasteiger partial charge is 0.573 e. The van der Waals surface area contributed by atoms with Crippen molar-refractivity contribution < 1.29 is 22.6 Å². The molecule has 1 saturated heterocycles. The van der Waals surface area contributed by atoms with Gasteiger partial charge in [-0.2, -0.15) is 0 Å². The van der Waals surface area contributed by atoms with Crippen molar-refractivity contribution in [3.8, 4) is 5.75 Å². The number of hydrogen-bond acceptors (Lipinski definition) is 3. The first-order chi connectivity index (χ1) is 9.44. The maximum Gasteiger partial charge on any atom is 0.573 e. The predicted molar refractivity (Wildman–Crippen MR) is 68.8 cm³/mol. The zero-order chi connectivity index (χ0) is 14.6. The lowest BCUT2D eigenvalue weighted by molar-refractivity contribution is -0.274. The minimum atomic E-state index is -4.74. The normalized spacial score (nSPS) is 17.2. The molecule has 1 aliphatic rings. The molecule has 1 aromatic rings. The second-order valence-corrected chi connectivity index (χ2v) is 4.99. The number of ether oxygens (including phenoxy) is 2. The molecule has 20 heavy (non-hydrogen) atoms. The molecule has 0 radical (unpaired) electrons. The van der Waals surface area contributed by atoms with Crippen LogP contribution in [0.3, 0.4) is 0 Å². The average Bonchev–Trinajstić information content (AvgIpc) is 2.39. The van der Waals surface area contributed by atoms with Crippen LogP contribution in [0.25, 0.3) is 0 Å². The van der Waals surface area contributed by atoms with Crippen LogP contribution in [0.2, 0.25) is 5.02 Å². The average molecular weight is 310 g/mol. The van der Waals surface area contributed by atoms with Gasteiger partial charge in [0.25, 0.3) is 0 Å².